The molecule has 0 amide bonds. The first-order valence-electron chi connectivity index (χ1n) is 13.3. The minimum Gasteiger partial charge on any atom is -0.497 e. The van der Waals surface area contributed by atoms with E-state index in [1.54, 1.807) is 24.9 Å². The quantitative estimate of drug-likeness (QED) is 0.199. The second-order valence-corrected chi connectivity index (χ2v) is 11.1. The summed E-state index contributed by atoms with van der Waals surface area (Å²) in [6.45, 7) is 2.98. The Bertz CT molecular complexity index is 1170. The predicted octanol–water partition coefficient (Wildman–Crippen LogP) is 6.69. The third-order valence-electron chi connectivity index (χ3n) is 7.48. The van der Waals surface area contributed by atoms with E-state index in [2.05, 4.69) is 22.0 Å². The summed E-state index contributed by atoms with van der Waals surface area (Å²) in [6.07, 6.45) is 8.10. The molecule has 2 atom stereocenters. The number of methoxy groups -OCH3 is 1. The summed E-state index contributed by atoms with van der Waals surface area (Å²) < 4.78 is 19.3. The highest BCUT2D eigenvalue weighted by molar-refractivity contribution is 7.99. The summed E-state index contributed by atoms with van der Waals surface area (Å²) in [5.74, 6) is 1.81. The number of pyridine rings is 1. The topological polar surface area (TPSA) is 62.7 Å². The van der Waals surface area contributed by atoms with Crippen LogP contribution >= 0.6 is 11.8 Å². The van der Waals surface area contributed by atoms with Gasteiger partial charge in [0, 0.05) is 29.4 Å². The smallest absolute Gasteiger partial charge is 0.303 e. The van der Waals surface area contributed by atoms with Crippen molar-refractivity contribution in [3.63, 3.8) is 0 Å². The van der Waals surface area contributed by atoms with Crippen molar-refractivity contribution in [2.24, 2.45) is 11.8 Å². The number of aliphatic carboxylic acids is 1. The zero-order valence-electron chi connectivity index (χ0n) is 21.6. The number of benzene rings is 2. The molecule has 1 aliphatic heterocycles. The summed E-state index contributed by atoms with van der Waals surface area (Å²) >= 11 is 1.57. The van der Waals surface area contributed by atoms with E-state index in [0.717, 1.165) is 80.6 Å². The van der Waals surface area contributed by atoms with Crippen LogP contribution in [-0.2, 0) is 11.2 Å². The highest BCUT2D eigenvalue weighted by Gasteiger charge is 2.29. The lowest BCUT2D eigenvalue weighted by Gasteiger charge is -2.39. The molecule has 5 nitrogen and oxygen atoms in total. The van der Waals surface area contributed by atoms with Gasteiger partial charge in [0.1, 0.15) is 11.6 Å². The lowest BCUT2D eigenvalue weighted by Crippen LogP contribution is -2.41. The zero-order chi connectivity index (χ0) is 26.0. The largest absolute Gasteiger partial charge is 0.497 e. The molecule has 2 aromatic carbocycles. The molecule has 2 heterocycles. The van der Waals surface area contributed by atoms with Crippen LogP contribution in [0.5, 0.6) is 5.75 Å². The van der Waals surface area contributed by atoms with Gasteiger partial charge in [0.05, 0.1) is 12.6 Å². The maximum Gasteiger partial charge on any atom is 0.303 e. The molecule has 1 aliphatic rings. The van der Waals surface area contributed by atoms with Crippen LogP contribution in [0.1, 0.15) is 44.1 Å². The van der Waals surface area contributed by atoms with Crippen LogP contribution in [0.15, 0.2) is 59.6 Å². The summed E-state index contributed by atoms with van der Waals surface area (Å²) in [5, 5.41) is 10.5. The van der Waals surface area contributed by atoms with Crippen molar-refractivity contribution in [1.29, 1.82) is 0 Å². The van der Waals surface area contributed by atoms with E-state index in [0.29, 0.717) is 16.7 Å². The monoisotopic (exact) mass is 524 g/mol. The van der Waals surface area contributed by atoms with Gasteiger partial charge in [-0.05, 0) is 111 Å². The average molecular weight is 525 g/mol. The van der Waals surface area contributed by atoms with Gasteiger partial charge in [-0.2, -0.15) is 0 Å². The summed E-state index contributed by atoms with van der Waals surface area (Å²) in [4.78, 5) is 19.0. The van der Waals surface area contributed by atoms with Gasteiger partial charge in [0.15, 0.2) is 0 Å². The number of ether oxygens (including phenoxy) is 1. The van der Waals surface area contributed by atoms with Crippen molar-refractivity contribution in [3.8, 4) is 5.75 Å². The van der Waals surface area contributed by atoms with Crippen molar-refractivity contribution < 1.29 is 19.0 Å². The number of rotatable bonds is 13. The molecule has 1 N–H and O–H groups in total. The highest BCUT2D eigenvalue weighted by atomic mass is 32.2. The molecule has 0 bridgehead atoms. The molecule has 4 rings (SSSR count). The number of carbonyl (C=O) groups is 1. The minimum absolute atomic E-state index is 0.152. The van der Waals surface area contributed by atoms with Gasteiger partial charge in [0.2, 0.25) is 0 Å². The normalized spacial score (nSPS) is 18.2. The number of likely N-dealkylation sites (tertiary alicyclic amines) is 1. The standard InChI is InChI=1S/C30H37FN2O3S/c1-36-25-11-12-28-26(20-25)23(14-16-32-28)7-4-6-22-15-18-33(21-24(22)10-13-30(34)35)17-5-19-37-29-9-3-2-8-27(29)31/h2-3,8-9,11-12,14,16,20,22,24H,4-7,10,13,15,17-19,21H2,1H3,(H,34,35)/t22-,24+/m1/s1. The number of hydrogen-bond donors (Lipinski definition) is 1. The lowest BCUT2D eigenvalue weighted by atomic mass is 9.79. The molecule has 7 heteroatoms. The van der Waals surface area contributed by atoms with Crippen molar-refractivity contribution in [2.75, 3.05) is 32.5 Å². The number of halogens is 1. The van der Waals surface area contributed by atoms with Gasteiger partial charge < -0.3 is 14.7 Å². The van der Waals surface area contributed by atoms with Crippen LogP contribution < -0.4 is 4.74 Å². The lowest BCUT2D eigenvalue weighted by molar-refractivity contribution is -0.137. The Labute approximate surface area is 223 Å². The number of thioether (sulfide) groups is 1. The predicted molar refractivity (Wildman–Crippen MR) is 148 cm³/mol. The molecule has 1 aromatic heterocycles. The van der Waals surface area contributed by atoms with Crippen LogP contribution in [0.4, 0.5) is 4.39 Å². The van der Waals surface area contributed by atoms with Gasteiger partial charge in [-0.1, -0.05) is 12.1 Å². The van der Waals surface area contributed by atoms with Crippen molar-refractivity contribution in [1.82, 2.24) is 9.88 Å². The Kier molecular flexibility index (Phi) is 10.2. The molecular formula is C30H37FN2O3S. The zero-order valence-corrected chi connectivity index (χ0v) is 22.4. The molecule has 3 aromatic rings. The second kappa shape index (κ2) is 13.8. The number of carboxylic acids is 1. The Balaban J connectivity index is 1.28. The number of aromatic nitrogens is 1. The van der Waals surface area contributed by atoms with Crippen LogP contribution in [0.25, 0.3) is 10.9 Å². The Morgan fingerprint density at radius 3 is 2.84 bits per heavy atom. The Hall–Kier alpha value is -2.64. The maximum absolute atomic E-state index is 13.8. The number of aryl methyl sites for hydroxylation is 1. The van der Waals surface area contributed by atoms with E-state index in [-0.39, 0.29) is 12.2 Å². The summed E-state index contributed by atoms with van der Waals surface area (Å²) in [7, 11) is 1.68. The molecule has 198 valence electrons. The number of hydrogen-bond acceptors (Lipinski definition) is 5. The molecule has 0 spiro atoms. The number of piperidine rings is 1. The van der Waals surface area contributed by atoms with E-state index in [1.807, 2.05) is 30.5 Å². The summed E-state index contributed by atoms with van der Waals surface area (Å²) in [5.41, 5.74) is 2.27. The van der Waals surface area contributed by atoms with E-state index < -0.39 is 5.97 Å². The van der Waals surface area contributed by atoms with Gasteiger partial charge in [-0.3, -0.25) is 9.78 Å². The van der Waals surface area contributed by atoms with E-state index in [9.17, 15) is 14.3 Å². The number of fused-ring (bicyclic) bond motifs is 1. The summed E-state index contributed by atoms with van der Waals surface area (Å²) in [6, 6.07) is 15.0. The van der Waals surface area contributed by atoms with Crippen LogP contribution in [0.2, 0.25) is 0 Å². The molecule has 1 fully saturated rings. The van der Waals surface area contributed by atoms with E-state index in [1.165, 1.54) is 11.6 Å². The molecular weight excluding hydrogens is 487 g/mol. The van der Waals surface area contributed by atoms with Crippen molar-refractivity contribution in [3.05, 3.63) is 66.1 Å². The maximum atomic E-state index is 13.8. The Morgan fingerprint density at radius 1 is 1.16 bits per heavy atom. The first-order valence-corrected chi connectivity index (χ1v) is 14.2. The molecule has 1 saturated heterocycles. The second-order valence-electron chi connectivity index (χ2n) is 9.92. The fraction of sp³-hybridized carbons (Fsp3) is 0.467. The molecule has 0 unspecified atom stereocenters. The first-order chi connectivity index (χ1) is 18.0. The van der Waals surface area contributed by atoms with Gasteiger partial charge >= 0.3 is 5.97 Å². The fourth-order valence-corrected chi connectivity index (χ4v) is 6.36. The molecule has 0 radical (unpaired) electrons. The van der Waals surface area contributed by atoms with E-state index >= 15 is 0 Å². The minimum atomic E-state index is -0.714. The van der Waals surface area contributed by atoms with Gasteiger partial charge in [-0.15, -0.1) is 11.8 Å². The third kappa shape index (κ3) is 7.92. The van der Waals surface area contributed by atoms with Crippen molar-refractivity contribution in [2.45, 2.75) is 49.8 Å². The van der Waals surface area contributed by atoms with Gasteiger partial charge in [-0.25, -0.2) is 4.39 Å². The third-order valence-corrected chi connectivity index (χ3v) is 8.61. The Morgan fingerprint density at radius 2 is 2.03 bits per heavy atom. The van der Waals surface area contributed by atoms with Crippen LogP contribution in [0, 0.1) is 17.7 Å². The van der Waals surface area contributed by atoms with Crippen LogP contribution in [0.3, 0.4) is 0 Å². The van der Waals surface area contributed by atoms with Crippen molar-refractivity contribution >= 4 is 28.6 Å². The molecule has 0 saturated carbocycles. The number of carboxylic acid groups (broad SMARTS) is 1. The van der Waals surface area contributed by atoms with Gasteiger partial charge in [0.25, 0.3) is 0 Å². The highest BCUT2D eigenvalue weighted by Crippen LogP contribution is 2.33. The van der Waals surface area contributed by atoms with E-state index in [4.69, 9.17) is 4.74 Å². The first kappa shape index (κ1) is 27.4. The molecule has 0 aliphatic carbocycles. The molecule has 37 heavy (non-hydrogen) atoms. The fourth-order valence-electron chi connectivity index (χ4n) is 5.49. The SMILES string of the molecule is COc1ccc2nccc(CCC[C@@H]3CCN(CCCSc4ccccc4F)C[C@@H]3CCC(=O)O)c2c1. The van der Waals surface area contributed by atoms with Crippen LogP contribution in [-0.4, -0.2) is 53.5 Å². The number of nitrogens with zero attached hydrogens (tertiary/aromatic N) is 2. The average Bonchev–Trinajstić information content (AvgIpc) is 2.91.